The van der Waals surface area contributed by atoms with Gasteiger partial charge in [-0.3, -0.25) is 4.68 Å². The van der Waals surface area contributed by atoms with E-state index in [0.717, 1.165) is 22.6 Å². The zero-order chi connectivity index (χ0) is 15.2. The molecule has 110 valence electrons. The van der Waals surface area contributed by atoms with Gasteiger partial charge in [-0.1, -0.05) is 20.8 Å². The number of aryl methyl sites for hydroxylation is 2. The summed E-state index contributed by atoms with van der Waals surface area (Å²) in [6, 6.07) is 4.18. The van der Waals surface area contributed by atoms with Gasteiger partial charge in [0.05, 0.1) is 5.69 Å². The van der Waals surface area contributed by atoms with Crippen LogP contribution in [0.1, 0.15) is 26.5 Å². The Hall–Kier alpha value is -1.75. The minimum Gasteiger partial charge on any atom is -0.303 e. The molecule has 3 heterocycles. The summed E-state index contributed by atoms with van der Waals surface area (Å²) in [6.45, 7) is 8.76. The first-order valence-corrected chi connectivity index (χ1v) is 7.82. The van der Waals surface area contributed by atoms with E-state index in [1.165, 1.54) is 4.90 Å². The molecule has 0 aromatic carbocycles. The Labute approximate surface area is 129 Å². The van der Waals surface area contributed by atoms with Gasteiger partial charge < -0.3 is 4.40 Å². The normalized spacial score (nSPS) is 12.2. The molecular formula is C16H20N4S. The van der Waals surface area contributed by atoms with Crippen molar-refractivity contribution in [2.45, 2.75) is 37.3 Å². The number of hydrogen-bond donors (Lipinski definition) is 0. The number of thioether (sulfide) groups is 1. The van der Waals surface area contributed by atoms with Gasteiger partial charge in [0.15, 0.2) is 0 Å². The van der Waals surface area contributed by atoms with E-state index in [9.17, 15) is 0 Å². The molecule has 21 heavy (non-hydrogen) atoms. The zero-order valence-electron chi connectivity index (χ0n) is 13.1. The molecule has 0 aliphatic carbocycles. The third kappa shape index (κ3) is 2.83. The monoisotopic (exact) mass is 300 g/mol. The van der Waals surface area contributed by atoms with Crippen molar-refractivity contribution < 1.29 is 0 Å². The summed E-state index contributed by atoms with van der Waals surface area (Å²) < 4.78 is 4.12. The predicted molar refractivity (Wildman–Crippen MR) is 87.7 cm³/mol. The van der Waals surface area contributed by atoms with Crippen LogP contribution in [0.15, 0.2) is 35.6 Å². The van der Waals surface area contributed by atoms with Crippen molar-refractivity contribution in [3.05, 3.63) is 36.4 Å². The van der Waals surface area contributed by atoms with Crippen LogP contribution in [0.5, 0.6) is 0 Å². The number of aromatic nitrogens is 4. The second-order valence-electron chi connectivity index (χ2n) is 6.27. The van der Waals surface area contributed by atoms with Crippen LogP contribution in [0.3, 0.4) is 0 Å². The first-order valence-electron chi connectivity index (χ1n) is 7.00. The van der Waals surface area contributed by atoms with E-state index in [0.29, 0.717) is 0 Å². The fourth-order valence-corrected chi connectivity index (χ4v) is 3.39. The molecule has 0 aliphatic rings. The maximum atomic E-state index is 4.55. The molecular weight excluding hydrogens is 280 g/mol. The van der Waals surface area contributed by atoms with Crippen molar-refractivity contribution in [2.24, 2.45) is 7.05 Å². The molecule has 0 saturated heterocycles. The van der Waals surface area contributed by atoms with Crippen LogP contribution in [-0.4, -0.2) is 23.9 Å². The second-order valence-corrected chi connectivity index (χ2v) is 8.14. The average Bonchev–Trinajstić information content (AvgIpc) is 2.94. The predicted octanol–water partition coefficient (Wildman–Crippen LogP) is 3.93. The molecule has 0 fully saturated rings. The van der Waals surface area contributed by atoms with E-state index in [-0.39, 0.29) is 4.75 Å². The van der Waals surface area contributed by atoms with Crippen molar-refractivity contribution in [3.63, 3.8) is 0 Å². The quantitative estimate of drug-likeness (QED) is 0.673. The summed E-state index contributed by atoms with van der Waals surface area (Å²) in [6.07, 6.45) is 6.06. The molecule has 0 radical (unpaired) electrons. The van der Waals surface area contributed by atoms with Gasteiger partial charge >= 0.3 is 0 Å². The number of nitrogens with zero attached hydrogens (tertiary/aromatic N) is 4. The molecule has 0 bridgehead atoms. The molecule has 3 rings (SSSR count). The SMILES string of the molecule is Cc1cnc2cc(-c3ccn(C)n3)c(SC(C)(C)C)cn12. The van der Waals surface area contributed by atoms with Gasteiger partial charge in [-0.05, 0) is 19.1 Å². The van der Waals surface area contributed by atoms with Gasteiger partial charge in [0.2, 0.25) is 0 Å². The first kappa shape index (κ1) is 14.2. The Morgan fingerprint density at radius 3 is 2.62 bits per heavy atom. The fraction of sp³-hybridized carbons (Fsp3) is 0.375. The molecule has 0 amide bonds. The number of hydrogen-bond acceptors (Lipinski definition) is 3. The number of pyridine rings is 1. The highest BCUT2D eigenvalue weighted by molar-refractivity contribution is 8.00. The lowest BCUT2D eigenvalue weighted by atomic mass is 10.2. The van der Waals surface area contributed by atoms with Gasteiger partial charge in [0.1, 0.15) is 5.65 Å². The minimum atomic E-state index is 0.145. The van der Waals surface area contributed by atoms with Crippen LogP contribution < -0.4 is 0 Å². The first-order chi connectivity index (χ1) is 9.83. The molecule has 0 unspecified atom stereocenters. The van der Waals surface area contributed by atoms with E-state index in [2.05, 4.69) is 54.4 Å². The molecule has 0 N–H and O–H groups in total. The molecule has 5 heteroatoms. The molecule has 0 aliphatic heterocycles. The zero-order valence-corrected chi connectivity index (χ0v) is 13.9. The molecule has 0 saturated carbocycles. The van der Waals surface area contributed by atoms with Crippen molar-refractivity contribution in [2.75, 3.05) is 0 Å². The van der Waals surface area contributed by atoms with Crippen molar-refractivity contribution in [3.8, 4) is 11.3 Å². The average molecular weight is 300 g/mol. The van der Waals surface area contributed by atoms with Crippen molar-refractivity contribution >= 4 is 17.4 Å². The van der Waals surface area contributed by atoms with Gasteiger partial charge in [-0.15, -0.1) is 11.8 Å². The molecule has 0 spiro atoms. The highest BCUT2D eigenvalue weighted by Gasteiger charge is 2.18. The van der Waals surface area contributed by atoms with Crippen molar-refractivity contribution in [1.29, 1.82) is 0 Å². The highest BCUT2D eigenvalue weighted by atomic mass is 32.2. The topological polar surface area (TPSA) is 35.1 Å². The lowest BCUT2D eigenvalue weighted by Crippen LogP contribution is -2.08. The van der Waals surface area contributed by atoms with Gasteiger partial charge in [-0.2, -0.15) is 5.10 Å². The van der Waals surface area contributed by atoms with Crippen LogP contribution >= 0.6 is 11.8 Å². The standard InChI is InChI=1S/C16H20N4S/c1-11-9-17-15-8-12(13-6-7-19(5)18-13)14(10-20(11)15)21-16(2,3)4/h6-10H,1-5H3. The van der Waals surface area contributed by atoms with Gasteiger partial charge in [0, 0.05) is 46.5 Å². The Morgan fingerprint density at radius 1 is 1.24 bits per heavy atom. The minimum absolute atomic E-state index is 0.145. The van der Waals surface area contributed by atoms with Crippen LogP contribution in [0.4, 0.5) is 0 Å². The summed E-state index contributed by atoms with van der Waals surface area (Å²) in [5.74, 6) is 0. The number of rotatable bonds is 2. The van der Waals surface area contributed by atoms with E-state index < -0.39 is 0 Å². The summed E-state index contributed by atoms with van der Waals surface area (Å²) in [5, 5.41) is 4.55. The van der Waals surface area contributed by atoms with Crippen LogP contribution in [0, 0.1) is 6.92 Å². The molecule has 4 nitrogen and oxygen atoms in total. The summed E-state index contributed by atoms with van der Waals surface area (Å²) in [5.41, 5.74) is 4.25. The third-order valence-electron chi connectivity index (χ3n) is 3.20. The largest absolute Gasteiger partial charge is 0.303 e. The van der Waals surface area contributed by atoms with Gasteiger partial charge in [0.25, 0.3) is 0 Å². The highest BCUT2D eigenvalue weighted by Crippen LogP contribution is 2.38. The Balaban J connectivity index is 2.22. The second kappa shape index (κ2) is 4.91. The fourth-order valence-electron chi connectivity index (χ4n) is 2.30. The smallest absolute Gasteiger partial charge is 0.137 e. The van der Waals surface area contributed by atoms with E-state index >= 15 is 0 Å². The third-order valence-corrected chi connectivity index (χ3v) is 4.36. The number of fused-ring (bicyclic) bond motifs is 1. The van der Waals surface area contributed by atoms with E-state index in [1.807, 2.05) is 42.0 Å². The Morgan fingerprint density at radius 2 is 2.00 bits per heavy atom. The summed E-state index contributed by atoms with van der Waals surface area (Å²) >= 11 is 1.86. The van der Waals surface area contributed by atoms with Crippen molar-refractivity contribution in [1.82, 2.24) is 19.2 Å². The van der Waals surface area contributed by atoms with E-state index in [4.69, 9.17) is 0 Å². The molecule has 3 aromatic heterocycles. The maximum Gasteiger partial charge on any atom is 0.137 e. The number of imidazole rings is 1. The van der Waals surface area contributed by atoms with Crippen LogP contribution in [0.2, 0.25) is 0 Å². The molecule has 3 aromatic rings. The maximum absolute atomic E-state index is 4.55. The summed E-state index contributed by atoms with van der Waals surface area (Å²) in [7, 11) is 1.94. The van der Waals surface area contributed by atoms with E-state index in [1.54, 1.807) is 0 Å². The van der Waals surface area contributed by atoms with Crippen LogP contribution in [0.25, 0.3) is 16.9 Å². The lowest BCUT2D eigenvalue weighted by Gasteiger charge is -2.20. The van der Waals surface area contributed by atoms with Gasteiger partial charge in [-0.25, -0.2) is 4.98 Å². The Bertz CT molecular complexity index is 792. The lowest BCUT2D eigenvalue weighted by molar-refractivity contribution is 0.770. The molecule has 0 atom stereocenters. The Kier molecular flexibility index (Phi) is 3.32. The van der Waals surface area contributed by atoms with Crippen LogP contribution in [-0.2, 0) is 7.05 Å². The summed E-state index contributed by atoms with van der Waals surface area (Å²) in [4.78, 5) is 5.70.